The fourth-order valence-corrected chi connectivity index (χ4v) is 1.87. The van der Waals surface area contributed by atoms with Crippen molar-refractivity contribution in [3.63, 3.8) is 0 Å². The number of rotatable bonds is 4. The van der Waals surface area contributed by atoms with Gasteiger partial charge in [-0.2, -0.15) is 0 Å². The lowest BCUT2D eigenvalue weighted by molar-refractivity contribution is -0.127. The van der Waals surface area contributed by atoms with Crippen molar-refractivity contribution >= 4 is 12.0 Å². The molecule has 1 unspecified atom stereocenters. The standard InChI is InChI=1S/C15H23N3O3.3C2H6/c1-14(2,3)21-13(20)17-15(4,12(19)18-16)10-11-8-6-5-7-9-11;3*1-2/h5-9H,10,16H2,1-4H3,(H,17,20)(H,18,19);3*1-2H3. The van der Waals surface area contributed by atoms with Gasteiger partial charge in [0.1, 0.15) is 11.1 Å². The zero-order chi connectivity index (χ0) is 22.1. The second kappa shape index (κ2) is 16.1. The highest BCUT2D eigenvalue weighted by Crippen LogP contribution is 2.15. The van der Waals surface area contributed by atoms with E-state index in [4.69, 9.17) is 10.6 Å². The van der Waals surface area contributed by atoms with Gasteiger partial charge in [0.05, 0.1) is 0 Å². The lowest BCUT2D eigenvalue weighted by Gasteiger charge is -2.30. The van der Waals surface area contributed by atoms with Crippen molar-refractivity contribution in [3.05, 3.63) is 35.9 Å². The van der Waals surface area contributed by atoms with Gasteiger partial charge < -0.3 is 10.1 Å². The molecule has 0 aromatic heterocycles. The first-order chi connectivity index (χ1) is 12.7. The van der Waals surface area contributed by atoms with E-state index in [1.165, 1.54) is 0 Å². The van der Waals surface area contributed by atoms with Gasteiger partial charge in [-0.15, -0.1) is 0 Å². The molecule has 1 rings (SSSR count). The van der Waals surface area contributed by atoms with Crippen LogP contribution in [0.1, 0.15) is 74.8 Å². The van der Waals surface area contributed by atoms with E-state index < -0.39 is 23.1 Å². The first-order valence-corrected chi connectivity index (χ1v) is 9.72. The number of carbonyl (C=O) groups excluding carboxylic acids is 2. The highest BCUT2D eigenvalue weighted by molar-refractivity contribution is 5.89. The summed E-state index contributed by atoms with van der Waals surface area (Å²) in [4.78, 5) is 24.0. The molecule has 0 heterocycles. The number of hydrogen-bond acceptors (Lipinski definition) is 4. The van der Waals surface area contributed by atoms with Crippen LogP contribution in [0.15, 0.2) is 30.3 Å². The molecule has 2 amide bonds. The van der Waals surface area contributed by atoms with Gasteiger partial charge in [0.15, 0.2) is 0 Å². The number of alkyl carbamates (subject to hydrolysis) is 1. The van der Waals surface area contributed by atoms with Gasteiger partial charge >= 0.3 is 6.09 Å². The highest BCUT2D eigenvalue weighted by atomic mass is 16.6. The molecule has 0 bridgehead atoms. The Morgan fingerprint density at radius 3 is 1.74 bits per heavy atom. The summed E-state index contributed by atoms with van der Waals surface area (Å²) in [6, 6.07) is 9.36. The third-order valence-corrected chi connectivity index (χ3v) is 2.81. The predicted molar refractivity (Wildman–Crippen MR) is 114 cm³/mol. The van der Waals surface area contributed by atoms with Crippen molar-refractivity contribution in [1.82, 2.24) is 10.7 Å². The van der Waals surface area contributed by atoms with Crippen molar-refractivity contribution < 1.29 is 14.3 Å². The predicted octanol–water partition coefficient (Wildman–Crippen LogP) is 4.58. The molecule has 6 nitrogen and oxygen atoms in total. The largest absolute Gasteiger partial charge is 0.444 e. The Balaban J connectivity index is -0.000000869. The van der Waals surface area contributed by atoms with E-state index in [2.05, 4.69) is 10.7 Å². The maximum Gasteiger partial charge on any atom is 0.408 e. The van der Waals surface area contributed by atoms with Crippen LogP contribution in [0.4, 0.5) is 4.79 Å². The Hall–Kier alpha value is -2.08. The molecule has 1 aromatic carbocycles. The number of hydrazine groups is 1. The number of amides is 2. The number of ether oxygens (including phenoxy) is 1. The first kappa shape index (κ1) is 29.7. The van der Waals surface area contributed by atoms with Crippen molar-refractivity contribution in [2.75, 3.05) is 0 Å². The van der Waals surface area contributed by atoms with Crippen LogP contribution in [0, 0.1) is 0 Å². The Bertz CT molecular complexity index is 499. The molecule has 0 radical (unpaired) electrons. The summed E-state index contributed by atoms with van der Waals surface area (Å²) in [7, 11) is 0. The van der Waals surface area contributed by atoms with Crippen molar-refractivity contribution in [2.24, 2.45) is 5.84 Å². The summed E-state index contributed by atoms with van der Waals surface area (Å²) in [6.07, 6.45) is -0.361. The van der Waals surface area contributed by atoms with Gasteiger partial charge in [0.25, 0.3) is 5.91 Å². The van der Waals surface area contributed by atoms with Crippen molar-refractivity contribution in [2.45, 2.75) is 86.8 Å². The number of hydrogen-bond donors (Lipinski definition) is 3. The summed E-state index contributed by atoms with van der Waals surface area (Å²) >= 11 is 0. The molecule has 27 heavy (non-hydrogen) atoms. The van der Waals surface area contributed by atoms with Gasteiger partial charge in [-0.05, 0) is 33.3 Å². The van der Waals surface area contributed by atoms with Crippen LogP contribution < -0.4 is 16.6 Å². The average Bonchev–Trinajstić information content (AvgIpc) is 2.65. The van der Waals surface area contributed by atoms with Crippen LogP contribution in [-0.4, -0.2) is 23.1 Å². The van der Waals surface area contributed by atoms with Gasteiger partial charge in [0.2, 0.25) is 0 Å². The number of carbonyl (C=O) groups is 2. The minimum absolute atomic E-state index is 0.302. The number of nitrogens with one attached hydrogen (secondary N) is 2. The van der Waals surface area contributed by atoms with Crippen LogP contribution in [0.25, 0.3) is 0 Å². The van der Waals surface area contributed by atoms with Gasteiger partial charge in [-0.25, -0.2) is 10.6 Å². The maximum absolute atomic E-state index is 12.0. The highest BCUT2D eigenvalue weighted by Gasteiger charge is 2.36. The fourth-order valence-electron chi connectivity index (χ4n) is 1.87. The molecule has 4 N–H and O–H groups in total. The second-order valence-corrected chi connectivity index (χ2v) is 6.09. The zero-order valence-corrected chi connectivity index (χ0v) is 18.9. The van der Waals surface area contributed by atoms with E-state index in [0.29, 0.717) is 6.42 Å². The molecule has 1 aromatic rings. The minimum atomic E-state index is -1.20. The van der Waals surface area contributed by atoms with Crippen LogP contribution in [-0.2, 0) is 16.0 Å². The van der Waals surface area contributed by atoms with Crippen LogP contribution in [0.2, 0.25) is 0 Å². The van der Waals surface area contributed by atoms with E-state index >= 15 is 0 Å². The molecule has 0 aliphatic heterocycles. The Labute approximate surface area is 166 Å². The third kappa shape index (κ3) is 13.7. The topological polar surface area (TPSA) is 93.4 Å². The average molecular weight is 384 g/mol. The number of nitrogens with two attached hydrogens (primary N) is 1. The van der Waals surface area contributed by atoms with Crippen LogP contribution in [0.3, 0.4) is 0 Å². The third-order valence-electron chi connectivity index (χ3n) is 2.81. The monoisotopic (exact) mass is 383 g/mol. The van der Waals surface area contributed by atoms with Crippen LogP contribution in [0.5, 0.6) is 0 Å². The quantitative estimate of drug-likeness (QED) is 0.403. The molecule has 0 aliphatic rings. The van der Waals surface area contributed by atoms with Gasteiger partial charge in [-0.1, -0.05) is 71.9 Å². The van der Waals surface area contributed by atoms with Gasteiger partial charge in [0, 0.05) is 6.42 Å². The van der Waals surface area contributed by atoms with E-state index in [1.54, 1.807) is 27.7 Å². The molecule has 0 aliphatic carbocycles. The van der Waals surface area contributed by atoms with Crippen molar-refractivity contribution in [1.29, 1.82) is 0 Å². The summed E-state index contributed by atoms with van der Waals surface area (Å²) in [5.74, 6) is 4.73. The lowest BCUT2D eigenvalue weighted by Crippen LogP contribution is -2.60. The Morgan fingerprint density at radius 1 is 0.926 bits per heavy atom. The van der Waals surface area contributed by atoms with E-state index in [0.717, 1.165) is 5.56 Å². The molecule has 0 spiro atoms. The molecular weight excluding hydrogens is 342 g/mol. The molecule has 1 atom stereocenters. The fraction of sp³-hybridized carbons (Fsp3) is 0.619. The van der Waals surface area contributed by atoms with E-state index in [-0.39, 0.29) is 0 Å². The molecular formula is C21H41N3O3. The van der Waals surface area contributed by atoms with Crippen LogP contribution >= 0.6 is 0 Å². The summed E-state index contributed by atoms with van der Waals surface area (Å²) in [6.45, 7) is 18.9. The molecule has 158 valence electrons. The maximum atomic E-state index is 12.0. The molecule has 6 heteroatoms. The van der Waals surface area contributed by atoms with E-state index in [9.17, 15) is 9.59 Å². The van der Waals surface area contributed by atoms with Crippen molar-refractivity contribution in [3.8, 4) is 0 Å². The van der Waals surface area contributed by atoms with E-state index in [1.807, 2.05) is 71.9 Å². The molecule has 0 saturated carbocycles. The zero-order valence-electron chi connectivity index (χ0n) is 18.9. The molecule has 0 saturated heterocycles. The SMILES string of the molecule is CC.CC.CC.CC(C)(C)OC(=O)NC(C)(Cc1ccccc1)C(=O)NN. The normalized spacial score (nSPS) is 11.5. The van der Waals surface area contributed by atoms with Gasteiger partial charge in [-0.3, -0.25) is 10.2 Å². The molecule has 0 fully saturated rings. The Kier molecular flexibility index (Phi) is 17.7. The second-order valence-electron chi connectivity index (χ2n) is 6.09. The number of benzene rings is 1. The smallest absolute Gasteiger partial charge is 0.408 e. The summed E-state index contributed by atoms with van der Waals surface area (Å²) < 4.78 is 5.19. The lowest BCUT2D eigenvalue weighted by atomic mass is 9.92. The minimum Gasteiger partial charge on any atom is -0.444 e. The first-order valence-electron chi connectivity index (χ1n) is 9.72. The Morgan fingerprint density at radius 2 is 1.37 bits per heavy atom. The summed E-state index contributed by atoms with van der Waals surface area (Å²) in [5.41, 5.74) is 1.15. The summed E-state index contributed by atoms with van der Waals surface area (Å²) in [5, 5.41) is 2.60.